The maximum absolute atomic E-state index is 12.0. The van der Waals surface area contributed by atoms with E-state index in [1.54, 1.807) is 18.2 Å². The average molecular weight is 347 g/mol. The number of carbonyl (C=O) groups is 1. The minimum absolute atomic E-state index is 0.130. The number of hydrogen-bond donors (Lipinski definition) is 2. The van der Waals surface area contributed by atoms with Crippen molar-refractivity contribution < 1.29 is 9.21 Å². The first kappa shape index (κ1) is 13.6. The number of aromatic amines is 1. The van der Waals surface area contributed by atoms with Crippen molar-refractivity contribution in [1.82, 2.24) is 4.98 Å². The third-order valence-electron chi connectivity index (χ3n) is 2.98. The maximum atomic E-state index is 12.0. The number of anilines is 1. The summed E-state index contributed by atoms with van der Waals surface area (Å²) in [7, 11) is 0. The van der Waals surface area contributed by atoms with E-state index in [1.165, 1.54) is 0 Å². The smallest absolute Gasteiger partial charge is 0.408 e. The van der Waals surface area contributed by atoms with E-state index in [-0.39, 0.29) is 12.3 Å². The number of aromatic nitrogens is 1. The van der Waals surface area contributed by atoms with Crippen LogP contribution in [0.5, 0.6) is 0 Å². The molecule has 0 saturated heterocycles. The number of hydrogen-bond acceptors (Lipinski definition) is 3. The molecule has 0 aliphatic carbocycles. The summed E-state index contributed by atoms with van der Waals surface area (Å²) in [5, 5.41) is 2.78. The molecule has 2 aromatic carbocycles. The molecule has 6 heteroatoms. The van der Waals surface area contributed by atoms with Crippen molar-refractivity contribution >= 4 is 38.6 Å². The van der Waals surface area contributed by atoms with Crippen LogP contribution in [0.15, 0.2) is 56.1 Å². The van der Waals surface area contributed by atoms with Crippen molar-refractivity contribution in [2.75, 3.05) is 5.32 Å². The molecule has 1 aromatic heterocycles. The molecule has 1 amide bonds. The minimum atomic E-state index is -0.511. The molecule has 1 heterocycles. The molecule has 3 rings (SSSR count). The lowest BCUT2D eigenvalue weighted by Crippen LogP contribution is -2.14. The molecule has 0 saturated carbocycles. The Labute approximate surface area is 128 Å². The SMILES string of the molecule is O=C(Cc1ccc(Br)cc1)Nc1ccc2[nH]c(=O)oc2c1. The lowest BCUT2D eigenvalue weighted by molar-refractivity contribution is -0.115. The second-order valence-corrected chi connectivity index (χ2v) is 5.49. The molecule has 106 valence electrons. The van der Waals surface area contributed by atoms with Crippen molar-refractivity contribution in [2.45, 2.75) is 6.42 Å². The number of H-pyrrole nitrogens is 1. The molecule has 0 unspecified atom stereocenters. The van der Waals surface area contributed by atoms with Crippen molar-refractivity contribution in [3.8, 4) is 0 Å². The summed E-state index contributed by atoms with van der Waals surface area (Å²) in [5.41, 5.74) is 2.53. The van der Waals surface area contributed by atoms with E-state index in [9.17, 15) is 9.59 Å². The molecule has 5 nitrogen and oxygen atoms in total. The lowest BCUT2D eigenvalue weighted by Gasteiger charge is -2.05. The van der Waals surface area contributed by atoms with Crippen LogP contribution in [0.25, 0.3) is 11.1 Å². The van der Waals surface area contributed by atoms with Gasteiger partial charge in [-0.1, -0.05) is 28.1 Å². The predicted molar refractivity (Wildman–Crippen MR) is 83.3 cm³/mol. The fraction of sp³-hybridized carbons (Fsp3) is 0.0667. The number of nitrogens with one attached hydrogen (secondary N) is 2. The Morgan fingerprint density at radius 1 is 1.19 bits per heavy atom. The van der Waals surface area contributed by atoms with Gasteiger partial charge in [-0.3, -0.25) is 9.78 Å². The second-order valence-electron chi connectivity index (χ2n) is 4.58. The predicted octanol–water partition coefficient (Wildman–Crippen LogP) is 3.06. The van der Waals surface area contributed by atoms with Gasteiger partial charge in [0, 0.05) is 16.2 Å². The first-order chi connectivity index (χ1) is 10.1. The molecule has 0 fully saturated rings. The largest absolute Gasteiger partial charge is 0.417 e. The number of halogens is 1. The summed E-state index contributed by atoms with van der Waals surface area (Å²) in [4.78, 5) is 25.6. The van der Waals surface area contributed by atoms with Gasteiger partial charge in [0.25, 0.3) is 0 Å². The molecule has 3 aromatic rings. The van der Waals surface area contributed by atoms with Gasteiger partial charge in [0.2, 0.25) is 5.91 Å². The molecule has 21 heavy (non-hydrogen) atoms. The van der Waals surface area contributed by atoms with Crippen LogP contribution in [-0.4, -0.2) is 10.9 Å². The highest BCUT2D eigenvalue weighted by molar-refractivity contribution is 9.10. The minimum Gasteiger partial charge on any atom is -0.408 e. The maximum Gasteiger partial charge on any atom is 0.417 e. The van der Waals surface area contributed by atoms with Gasteiger partial charge >= 0.3 is 5.76 Å². The standard InChI is InChI=1S/C15H11BrN2O3/c16-10-3-1-9(2-4-10)7-14(19)17-11-5-6-12-13(8-11)21-15(20)18-12/h1-6,8H,7H2,(H,17,19)(H,18,20). The number of amides is 1. The molecule has 0 radical (unpaired) electrons. The average Bonchev–Trinajstić information content (AvgIpc) is 2.80. The Morgan fingerprint density at radius 3 is 2.71 bits per heavy atom. The van der Waals surface area contributed by atoms with Gasteiger partial charge in [-0.2, -0.15) is 0 Å². The molecule has 0 spiro atoms. The molecule has 0 atom stereocenters. The van der Waals surface area contributed by atoms with E-state index in [0.29, 0.717) is 16.8 Å². The highest BCUT2D eigenvalue weighted by Gasteiger charge is 2.07. The number of rotatable bonds is 3. The Bertz CT molecular complexity index is 849. The monoisotopic (exact) mass is 346 g/mol. The zero-order valence-corrected chi connectivity index (χ0v) is 12.4. The van der Waals surface area contributed by atoms with Crippen LogP contribution in [0.4, 0.5) is 5.69 Å². The van der Waals surface area contributed by atoms with Gasteiger partial charge in [0.05, 0.1) is 11.9 Å². The molecular formula is C15H11BrN2O3. The summed E-state index contributed by atoms with van der Waals surface area (Å²) < 4.78 is 5.93. The van der Waals surface area contributed by atoms with Crippen molar-refractivity contribution in [3.05, 3.63) is 63.1 Å². The van der Waals surface area contributed by atoms with E-state index in [1.807, 2.05) is 24.3 Å². The number of benzene rings is 2. The van der Waals surface area contributed by atoms with E-state index in [2.05, 4.69) is 26.2 Å². The van der Waals surface area contributed by atoms with Gasteiger partial charge in [0.1, 0.15) is 0 Å². The molecule has 0 bridgehead atoms. The number of oxazole rings is 1. The van der Waals surface area contributed by atoms with Gasteiger partial charge in [-0.25, -0.2) is 4.79 Å². The quantitative estimate of drug-likeness (QED) is 0.765. The lowest BCUT2D eigenvalue weighted by atomic mass is 10.1. The Balaban J connectivity index is 1.73. The summed E-state index contributed by atoms with van der Waals surface area (Å²) in [6.07, 6.45) is 0.280. The van der Waals surface area contributed by atoms with E-state index < -0.39 is 5.76 Å². The molecule has 2 N–H and O–H groups in total. The van der Waals surface area contributed by atoms with Crippen LogP contribution in [-0.2, 0) is 11.2 Å². The van der Waals surface area contributed by atoms with Crippen molar-refractivity contribution in [3.63, 3.8) is 0 Å². The Kier molecular flexibility index (Phi) is 3.62. The third kappa shape index (κ3) is 3.22. The fourth-order valence-corrected chi connectivity index (χ4v) is 2.28. The third-order valence-corrected chi connectivity index (χ3v) is 3.51. The Morgan fingerprint density at radius 2 is 1.95 bits per heavy atom. The first-order valence-corrected chi connectivity index (χ1v) is 7.06. The van der Waals surface area contributed by atoms with Crippen LogP contribution in [0, 0.1) is 0 Å². The van der Waals surface area contributed by atoms with Crippen LogP contribution in [0.1, 0.15) is 5.56 Å². The summed E-state index contributed by atoms with van der Waals surface area (Å²) in [6, 6.07) is 12.6. The highest BCUT2D eigenvalue weighted by atomic mass is 79.9. The topological polar surface area (TPSA) is 75.1 Å². The summed E-state index contributed by atoms with van der Waals surface area (Å²) in [5.74, 6) is -0.641. The zero-order valence-electron chi connectivity index (χ0n) is 10.9. The number of carbonyl (C=O) groups excluding carboxylic acids is 1. The molecule has 0 aliphatic rings. The highest BCUT2D eigenvalue weighted by Crippen LogP contribution is 2.17. The molecule has 0 aliphatic heterocycles. The van der Waals surface area contributed by atoms with Gasteiger partial charge in [-0.05, 0) is 29.8 Å². The Hall–Kier alpha value is -2.34. The van der Waals surface area contributed by atoms with Crippen LogP contribution < -0.4 is 11.1 Å². The van der Waals surface area contributed by atoms with Crippen LogP contribution >= 0.6 is 15.9 Å². The summed E-state index contributed by atoms with van der Waals surface area (Å²) in [6.45, 7) is 0. The van der Waals surface area contributed by atoms with Crippen molar-refractivity contribution in [1.29, 1.82) is 0 Å². The van der Waals surface area contributed by atoms with E-state index in [4.69, 9.17) is 4.42 Å². The summed E-state index contributed by atoms with van der Waals surface area (Å²) >= 11 is 3.35. The molecular weight excluding hydrogens is 336 g/mol. The van der Waals surface area contributed by atoms with E-state index >= 15 is 0 Å². The first-order valence-electron chi connectivity index (χ1n) is 6.27. The van der Waals surface area contributed by atoms with Gasteiger partial charge in [-0.15, -0.1) is 0 Å². The fourth-order valence-electron chi connectivity index (χ4n) is 2.02. The van der Waals surface area contributed by atoms with Crippen LogP contribution in [0.2, 0.25) is 0 Å². The van der Waals surface area contributed by atoms with Crippen molar-refractivity contribution in [2.24, 2.45) is 0 Å². The zero-order chi connectivity index (χ0) is 14.8. The second kappa shape index (κ2) is 5.57. The number of fused-ring (bicyclic) bond motifs is 1. The van der Waals surface area contributed by atoms with E-state index in [0.717, 1.165) is 10.0 Å². The van der Waals surface area contributed by atoms with Crippen LogP contribution in [0.3, 0.4) is 0 Å². The van der Waals surface area contributed by atoms with Gasteiger partial charge < -0.3 is 9.73 Å². The van der Waals surface area contributed by atoms with Gasteiger partial charge in [0.15, 0.2) is 5.58 Å². The normalized spacial score (nSPS) is 10.7.